The Kier molecular flexibility index (Phi) is 4.08. The second-order valence-electron chi connectivity index (χ2n) is 6.55. The molecule has 4 nitrogen and oxygen atoms in total. The first kappa shape index (κ1) is 13.4. The van der Waals surface area contributed by atoms with Gasteiger partial charge in [-0.25, -0.2) is 0 Å². The standard InChI is InChI=1S/C15H26N2O2/c18-15(19)12-9-11(13-5-1-3-7-16-13)10-17-8-4-2-6-14(12)17/h11-14,16H,1-10H2,(H,18,19)/t11-,12-,13-,14-/m0/s1. The maximum Gasteiger partial charge on any atom is 0.308 e. The first-order valence-electron chi connectivity index (χ1n) is 7.96. The highest BCUT2D eigenvalue weighted by Crippen LogP contribution is 2.36. The number of nitrogens with one attached hydrogen (secondary N) is 1. The summed E-state index contributed by atoms with van der Waals surface area (Å²) in [5.74, 6) is -0.170. The fraction of sp³-hybridized carbons (Fsp3) is 0.933. The van der Waals surface area contributed by atoms with Crippen molar-refractivity contribution < 1.29 is 9.90 Å². The molecule has 0 radical (unpaired) electrons. The van der Waals surface area contributed by atoms with E-state index in [-0.39, 0.29) is 5.92 Å². The zero-order valence-corrected chi connectivity index (χ0v) is 11.7. The van der Waals surface area contributed by atoms with Crippen molar-refractivity contribution in [2.24, 2.45) is 11.8 Å². The summed E-state index contributed by atoms with van der Waals surface area (Å²) in [5.41, 5.74) is 0. The molecule has 0 saturated carbocycles. The van der Waals surface area contributed by atoms with Crippen LogP contribution in [-0.4, -0.2) is 47.7 Å². The van der Waals surface area contributed by atoms with Crippen LogP contribution in [-0.2, 0) is 4.79 Å². The molecule has 108 valence electrons. The molecule has 0 aromatic rings. The number of carboxylic acids is 1. The molecule has 4 heteroatoms. The number of aliphatic carboxylic acids is 1. The maximum absolute atomic E-state index is 11.6. The molecule has 3 saturated heterocycles. The van der Waals surface area contributed by atoms with Gasteiger partial charge >= 0.3 is 5.97 Å². The summed E-state index contributed by atoms with van der Waals surface area (Å²) in [6.07, 6.45) is 8.23. The van der Waals surface area contributed by atoms with Gasteiger partial charge in [0.05, 0.1) is 5.92 Å². The van der Waals surface area contributed by atoms with Gasteiger partial charge in [-0.1, -0.05) is 12.8 Å². The quantitative estimate of drug-likeness (QED) is 0.799. The normalized spacial score (nSPS) is 40.6. The first-order valence-corrected chi connectivity index (χ1v) is 7.96. The topological polar surface area (TPSA) is 52.6 Å². The minimum Gasteiger partial charge on any atom is -0.481 e. The largest absolute Gasteiger partial charge is 0.481 e. The predicted octanol–water partition coefficient (Wildman–Crippen LogP) is 1.70. The summed E-state index contributed by atoms with van der Waals surface area (Å²) >= 11 is 0. The third-order valence-electron chi connectivity index (χ3n) is 5.39. The smallest absolute Gasteiger partial charge is 0.308 e. The number of carbonyl (C=O) groups is 1. The average Bonchev–Trinajstić information content (AvgIpc) is 2.47. The van der Waals surface area contributed by atoms with E-state index in [1.54, 1.807) is 0 Å². The lowest BCUT2D eigenvalue weighted by Crippen LogP contribution is -2.57. The van der Waals surface area contributed by atoms with Crippen molar-refractivity contribution in [3.05, 3.63) is 0 Å². The molecule has 2 N–H and O–H groups in total. The van der Waals surface area contributed by atoms with Gasteiger partial charge in [-0.3, -0.25) is 9.69 Å². The van der Waals surface area contributed by atoms with E-state index in [1.807, 2.05) is 0 Å². The fourth-order valence-electron chi connectivity index (χ4n) is 4.40. The number of fused-ring (bicyclic) bond motifs is 1. The first-order chi connectivity index (χ1) is 9.25. The van der Waals surface area contributed by atoms with Crippen LogP contribution in [0.15, 0.2) is 0 Å². The van der Waals surface area contributed by atoms with Crippen LogP contribution < -0.4 is 5.32 Å². The summed E-state index contributed by atoms with van der Waals surface area (Å²) in [5, 5.41) is 13.2. The lowest BCUT2D eigenvalue weighted by atomic mass is 9.75. The molecule has 0 aromatic heterocycles. The van der Waals surface area contributed by atoms with Gasteiger partial charge < -0.3 is 10.4 Å². The van der Waals surface area contributed by atoms with Crippen molar-refractivity contribution in [2.45, 2.75) is 57.0 Å². The summed E-state index contributed by atoms with van der Waals surface area (Å²) in [6.45, 7) is 3.34. The van der Waals surface area contributed by atoms with E-state index >= 15 is 0 Å². The number of nitrogens with zero attached hydrogens (tertiary/aromatic N) is 1. The molecule has 0 bridgehead atoms. The van der Waals surface area contributed by atoms with Crippen molar-refractivity contribution in [3.63, 3.8) is 0 Å². The number of hydrogen-bond donors (Lipinski definition) is 2. The van der Waals surface area contributed by atoms with E-state index in [1.165, 1.54) is 32.1 Å². The van der Waals surface area contributed by atoms with Crippen LogP contribution in [0.3, 0.4) is 0 Å². The monoisotopic (exact) mass is 266 g/mol. The van der Waals surface area contributed by atoms with Crippen LogP contribution in [0.1, 0.15) is 44.9 Å². The van der Waals surface area contributed by atoms with Crippen LogP contribution in [0, 0.1) is 11.8 Å². The molecule has 0 amide bonds. The van der Waals surface area contributed by atoms with Gasteiger partial charge in [0.15, 0.2) is 0 Å². The zero-order chi connectivity index (χ0) is 13.2. The third kappa shape index (κ3) is 2.79. The van der Waals surface area contributed by atoms with Crippen LogP contribution in [0.2, 0.25) is 0 Å². The molecule has 3 heterocycles. The predicted molar refractivity (Wildman–Crippen MR) is 74.1 cm³/mol. The van der Waals surface area contributed by atoms with E-state index < -0.39 is 5.97 Å². The third-order valence-corrected chi connectivity index (χ3v) is 5.39. The minimum atomic E-state index is -0.572. The van der Waals surface area contributed by atoms with Gasteiger partial charge in [0.1, 0.15) is 0 Å². The Morgan fingerprint density at radius 2 is 2.00 bits per heavy atom. The highest BCUT2D eigenvalue weighted by Gasteiger charge is 2.43. The Morgan fingerprint density at radius 1 is 1.16 bits per heavy atom. The van der Waals surface area contributed by atoms with Crippen molar-refractivity contribution in [1.82, 2.24) is 10.2 Å². The SMILES string of the molecule is O=C(O)[C@H]1C[C@H]([C@@H]2CCCCN2)CN2CCCC[C@@H]12. The Bertz CT molecular complexity index is 328. The molecule has 3 fully saturated rings. The Morgan fingerprint density at radius 3 is 2.74 bits per heavy atom. The molecular formula is C15H26N2O2. The van der Waals surface area contributed by atoms with Gasteiger partial charge in [0.25, 0.3) is 0 Å². The molecule has 3 aliphatic rings. The molecule has 19 heavy (non-hydrogen) atoms. The van der Waals surface area contributed by atoms with E-state index in [4.69, 9.17) is 0 Å². The van der Waals surface area contributed by atoms with Crippen LogP contribution in [0.4, 0.5) is 0 Å². The fourth-order valence-corrected chi connectivity index (χ4v) is 4.40. The van der Waals surface area contributed by atoms with Crippen LogP contribution >= 0.6 is 0 Å². The van der Waals surface area contributed by atoms with Crippen molar-refractivity contribution in [3.8, 4) is 0 Å². The van der Waals surface area contributed by atoms with E-state index in [2.05, 4.69) is 10.2 Å². The average molecular weight is 266 g/mol. The van der Waals surface area contributed by atoms with Gasteiger partial charge in [-0.15, -0.1) is 0 Å². The number of rotatable bonds is 2. The van der Waals surface area contributed by atoms with Crippen molar-refractivity contribution >= 4 is 5.97 Å². The number of hydrogen-bond acceptors (Lipinski definition) is 3. The minimum absolute atomic E-state index is 0.136. The van der Waals surface area contributed by atoms with Gasteiger partial charge in [-0.05, 0) is 51.1 Å². The van der Waals surface area contributed by atoms with E-state index in [0.29, 0.717) is 18.0 Å². The Hall–Kier alpha value is -0.610. The second-order valence-corrected chi connectivity index (χ2v) is 6.55. The lowest BCUT2D eigenvalue weighted by molar-refractivity contribution is -0.148. The van der Waals surface area contributed by atoms with Gasteiger partial charge in [0, 0.05) is 18.6 Å². The molecule has 3 rings (SSSR count). The molecule has 4 atom stereocenters. The molecule has 3 aliphatic heterocycles. The highest BCUT2D eigenvalue weighted by atomic mass is 16.4. The molecule has 0 aromatic carbocycles. The molecule has 0 spiro atoms. The highest BCUT2D eigenvalue weighted by molar-refractivity contribution is 5.71. The van der Waals surface area contributed by atoms with Gasteiger partial charge in [0.2, 0.25) is 0 Å². The lowest BCUT2D eigenvalue weighted by Gasteiger charge is -2.48. The molecule has 0 aliphatic carbocycles. The summed E-state index contributed by atoms with van der Waals surface area (Å²) in [4.78, 5) is 14.1. The zero-order valence-electron chi connectivity index (χ0n) is 11.7. The van der Waals surface area contributed by atoms with Crippen LogP contribution in [0.25, 0.3) is 0 Å². The van der Waals surface area contributed by atoms with Crippen molar-refractivity contribution in [1.29, 1.82) is 0 Å². The summed E-state index contributed by atoms with van der Waals surface area (Å²) in [7, 11) is 0. The Balaban J connectivity index is 1.71. The number of piperidine rings is 3. The summed E-state index contributed by atoms with van der Waals surface area (Å²) in [6, 6.07) is 0.865. The molecule has 0 unspecified atom stereocenters. The number of carboxylic acid groups (broad SMARTS) is 1. The van der Waals surface area contributed by atoms with Gasteiger partial charge in [-0.2, -0.15) is 0 Å². The Labute approximate surface area is 115 Å². The van der Waals surface area contributed by atoms with E-state index in [0.717, 1.165) is 32.5 Å². The maximum atomic E-state index is 11.6. The second kappa shape index (κ2) is 5.80. The van der Waals surface area contributed by atoms with Crippen molar-refractivity contribution in [2.75, 3.05) is 19.6 Å². The molecular weight excluding hydrogens is 240 g/mol. The van der Waals surface area contributed by atoms with E-state index in [9.17, 15) is 9.90 Å². The summed E-state index contributed by atoms with van der Waals surface area (Å²) < 4.78 is 0. The van der Waals surface area contributed by atoms with Crippen LogP contribution in [0.5, 0.6) is 0 Å².